The van der Waals surface area contributed by atoms with Crippen LogP contribution in [-0.4, -0.2) is 60.4 Å². The van der Waals surface area contributed by atoms with E-state index in [9.17, 15) is 28.6 Å². The van der Waals surface area contributed by atoms with Crippen LogP contribution < -0.4 is 9.47 Å². The molecule has 2 atom stereocenters. The molecule has 1 saturated heterocycles. The Labute approximate surface area is 177 Å². The maximum Gasteiger partial charge on any atom is 0.314 e. The molecule has 7 nitrogen and oxygen atoms in total. The number of likely N-dealkylation sites (tertiary alicyclic amines) is 1. The lowest BCUT2D eigenvalue weighted by molar-refractivity contribution is -0.161. The van der Waals surface area contributed by atoms with Gasteiger partial charge in [-0.15, -0.1) is 0 Å². The number of halogens is 2. The third kappa shape index (κ3) is 4.18. The molecule has 0 aliphatic carbocycles. The fourth-order valence-electron chi connectivity index (χ4n) is 3.92. The molecule has 1 aliphatic heterocycles. The number of nitrogens with zero attached hydrogens (tertiary/aromatic N) is 1. The first-order chi connectivity index (χ1) is 14.7. The van der Waals surface area contributed by atoms with E-state index in [2.05, 4.69) is 0 Å². The van der Waals surface area contributed by atoms with Crippen LogP contribution in [0.3, 0.4) is 0 Å². The van der Waals surface area contributed by atoms with Gasteiger partial charge in [0, 0.05) is 13.1 Å². The fourth-order valence-corrected chi connectivity index (χ4v) is 3.92. The largest absolute Gasteiger partial charge is 0.497 e. The number of rotatable bonds is 6. The van der Waals surface area contributed by atoms with Crippen molar-refractivity contribution >= 4 is 11.9 Å². The number of aliphatic hydroxyl groups is 1. The minimum absolute atomic E-state index is 0.0216. The molecule has 0 bridgehead atoms. The maximum atomic E-state index is 14.4. The molecule has 9 heteroatoms. The van der Waals surface area contributed by atoms with Crippen molar-refractivity contribution in [3.05, 3.63) is 59.2 Å². The number of carbonyl (C=O) groups is 2. The van der Waals surface area contributed by atoms with Crippen LogP contribution in [0, 0.1) is 17.0 Å². The molecule has 3 rings (SSSR count). The SMILES string of the molecule is COc1cccc(C[C@@]2(C(=O)O)CN(C(=O)c3c(OC)ccc(F)c3F)CC[C@@H]2O)c1. The van der Waals surface area contributed by atoms with Crippen LogP contribution in [-0.2, 0) is 11.2 Å². The molecule has 2 aromatic rings. The van der Waals surface area contributed by atoms with Crippen LogP contribution >= 0.6 is 0 Å². The van der Waals surface area contributed by atoms with Crippen LogP contribution in [0.2, 0.25) is 0 Å². The highest BCUT2D eigenvalue weighted by molar-refractivity contribution is 5.97. The lowest BCUT2D eigenvalue weighted by atomic mass is 9.72. The van der Waals surface area contributed by atoms with E-state index < -0.39 is 47.1 Å². The molecule has 1 heterocycles. The van der Waals surface area contributed by atoms with Gasteiger partial charge in [-0.05, 0) is 42.7 Å². The van der Waals surface area contributed by atoms with E-state index in [1.54, 1.807) is 24.3 Å². The van der Waals surface area contributed by atoms with Gasteiger partial charge in [0.15, 0.2) is 11.6 Å². The van der Waals surface area contributed by atoms with Crippen molar-refractivity contribution in [2.75, 3.05) is 27.3 Å². The quantitative estimate of drug-likeness (QED) is 0.724. The van der Waals surface area contributed by atoms with Crippen molar-refractivity contribution in [2.45, 2.75) is 18.9 Å². The number of aliphatic carboxylic acids is 1. The van der Waals surface area contributed by atoms with E-state index in [4.69, 9.17) is 9.47 Å². The van der Waals surface area contributed by atoms with Crippen LogP contribution in [0.25, 0.3) is 0 Å². The zero-order valence-electron chi connectivity index (χ0n) is 17.1. The number of ether oxygens (including phenoxy) is 2. The molecule has 2 N–H and O–H groups in total. The van der Waals surface area contributed by atoms with Crippen LogP contribution in [0.5, 0.6) is 11.5 Å². The van der Waals surface area contributed by atoms with Crippen LogP contribution in [0.15, 0.2) is 36.4 Å². The van der Waals surface area contributed by atoms with Gasteiger partial charge in [-0.25, -0.2) is 8.78 Å². The monoisotopic (exact) mass is 435 g/mol. The number of carboxylic acids is 1. The van der Waals surface area contributed by atoms with Gasteiger partial charge in [-0.1, -0.05) is 12.1 Å². The van der Waals surface area contributed by atoms with E-state index in [0.717, 1.165) is 17.0 Å². The van der Waals surface area contributed by atoms with Gasteiger partial charge < -0.3 is 24.6 Å². The number of amides is 1. The Balaban J connectivity index is 1.98. The van der Waals surface area contributed by atoms with E-state index in [-0.39, 0.29) is 25.1 Å². The van der Waals surface area contributed by atoms with Crippen molar-refractivity contribution < 1.29 is 38.1 Å². The number of methoxy groups -OCH3 is 2. The van der Waals surface area contributed by atoms with E-state index >= 15 is 0 Å². The van der Waals surface area contributed by atoms with Crippen molar-refractivity contribution in [2.24, 2.45) is 5.41 Å². The van der Waals surface area contributed by atoms with Gasteiger partial charge in [0.05, 0.1) is 20.3 Å². The fraction of sp³-hybridized carbons (Fsp3) is 0.364. The van der Waals surface area contributed by atoms with Gasteiger partial charge in [0.25, 0.3) is 5.91 Å². The lowest BCUT2D eigenvalue weighted by Gasteiger charge is -2.43. The van der Waals surface area contributed by atoms with Crippen molar-refractivity contribution in [3.8, 4) is 11.5 Å². The zero-order chi connectivity index (χ0) is 22.8. The number of carboxylic acid groups (broad SMARTS) is 1. The summed E-state index contributed by atoms with van der Waals surface area (Å²) in [5.41, 5.74) is -1.76. The normalized spacial score (nSPS) is 20.9. The summed E-state index contributed by atoms with van der Waals surface area (Å²) in [6.45, 7) is -0.412. The third-order valence-corrected chi connectivity index (χ3v) is 5.64. The maximum absolute atomic E-state index is 14.4. The molecule has 0 saturated carbocycles. The first-order valence-corrected chi connectivity index (χ1v) is 9.59. The van der Waals surface area contributed by atoms with E-state index in [1.807, 2.05) is 0 Å². The number of carbonyl (C=O) groups excluding carboxylic acids is 1. The summed E-state index contributed by atoms with van der Waals surface area (Å²) < 4.78 is 38.4. The minimum atomic E-state index is -1.74. The summed E-state index contributed by atoms with van der Waals surface area (Å²) in [6.07, 6.45) is -1.38. The molecule has 31 heavy (non-hydrogen) atoms. The highest BCUT2D eigenvalue weighted by atomic mass is 19.2. The Bertz CT molecular complexity index is 998. The second kappa shape index (κ2) is 8.89. The number of piperidine rings is 1. The first kappa shape index (κ1) is 22.5. The predicted molar refractivity (Wildman–Crippen MR) is 106 cm³/mol. The minimum Gasteiger partial charge on any atom is -0.497 e. The average molecular weight is 435 g/mol. The molecule has 0 spiro atoms. The Morgan fingerprint density at radius 1 is 1.19 bits per heavy atom. The number of hydrogen-bond donors (Lipinski definition) is 2. The summed E-state index contributed by atoms with van der Waals surface area (Å²) >= 11 is 0. The Morgan fingerprint density at radius 2 is 1.94 bits per heavy atom. The van der Waals surface area contributed by atoms with Crippen molar-refractivity contribution in [1.29, 1.82) is 0 Å². The number of hydrogen-bond acceptors (Lipinski definition) is 5. The first-order valence-electron chi connectivity index (χ1n) is 9.59. The second-order valence-corrected chi connectivity index (χ2v) is 7.46. The lowest BCUT2D eigenvalue weighted by Crippen LogP contribution is -2.58. The molecule has 1 aliphatic rings. The summed E-state index contributed by atoms with van der Waals surface area (Å²) in [5, 5.41) is 20.7. The average Bonchev–Trinajstić information content (AvgIpc) is 2.76. The van der Waals surface area contributed by atoms with Crippen molar-refractivity contribution in [1.82, 2.24) is 4.90 Å². The van der Waals surface area contributed by atoms with Gasteiger partial charge in [-0.2, -0.15) is 0 Å². The molecule has 2 aromatic carbocycles. The van der Waals surface area contributed by atoms with E-state index in [1.165, 1.54) is 14.2 Å². The summed E-state index contributed by atoms with van der Waals surface area (Å²) in [6, 6.07) is 8.70. The summed E-state index contributed by atoms with van der Waals surface area (Å²) in [7, 11) is 2.69. The molecule has 1 amide bonds. The zero-order valence-corrected chi connectivity index (χ0v) is 17.1. The molecule has 0 radical (unpaired) electrons. The summed E-state index contributed by atoms with van der Waals surface area (Å²) in [4.78, 5) is 26.5. The van der Waals surface area contributed by atoms with Gasteiger partial charge in [-0.3, -0.25) is 9.59 Å². The second-order valence-electron chi connectivity index (χ2n) is 7.46. The van der Waals surface area contributed by atoms with Crippen LogP contribution in [0.4, 0.5) is 8.78 Å². The number of benzene rings is 2. The molecule has 1 fully saturated rings. The Morgan fingerprint density at radius 3 is 2.58 bits per heavy atom. The molecule has 0 aromatic heterocycles. The van der Waals surface area contributed by atoms with E-state index in [0.29, 0.717) is 11.3 Å². The molecule has 0 unspecified atom stereocenters. The predicted octanol–water partition coefficient (Wildman–Crippen LogP) is 2.50. The molecule has 166 valence electrons. The smallest absolute Gasteiger partial charge is 0.314 e. The topological polar surface area (TPSA) is 96.3 Å². The van der Waals surface area contributed by atoms with Gasteiger partial charge >= 0.3 is 5.97 Å². The molecular weight excluding hydrogens is 412 g/mol. The number of aliphatic hydroxyl groups excluding tert-OH is 1. The standard InChI is InChI=1S/C22H23F2NO6/c1-30-14-5-3-4-13(10-14)11-22(21(28)29)12-25(9-8-17(22)26)20(27)18-16(31-2)7-6-15(23)19(18)24/h3-7,10,17,26H,8-9,11-12H2,1-2H3,(H,28,29)/t17-,22+/m0/s1. The van der Waals surface area contributed by atoms with Crippen LogP contribution in [0.1, 0.15) is 22.3 Å². The third-order valence-electron chi connectivity index (χ3n) is 5.64. The van der Waals surface area contributed by atoms with Gasteiger partial charge in [0.2, 0.25) is 0 Å². The Hall–Kier alpha value is -3.20. The van der Waals surface area contributed by atoms with Crippen molar-refractivity contribution in [3.63, 3.8) is 0 Å². The highest BCUT2D eigenvalue weighted by Gasteiger charge is 2.50. The summed E-state index contributed by atoms with van der Waals surface area (Å²) in [5.74, 6) is -4.44. The van der Waals surface area contributed by atoms with Gasteiger partial charge in [0.1, 0.15) is 22.5 Å². The molecular formula is C22H23F2NO6. The Kier molecular flexibility index (Phi) is 6.45. The highest BCUT2D eigenvalue weighted by Crippen LogP contribution is 2.37.